The van der Waals surface area contributed by atoms with Gasteiger partial charge >= 0.3 is 0 Å². The largest absolute Gasteiger partial charge is 0.326 e. The van der Waals surface area contributed by atoms with Gasteiger partial charge in [0.05, 0.1) is 18.7 Å². The fraction of sp³-hybridized carbons (Fsp3) is 0.286. The van der Waals surface area contributed by atoms with Crippen molar-refractivity contribution < 1.29 is 19.3 Å². The van der Waals surface area contributed by atoms with Crippen LogP contribution in [0.4, 0.5) is 11.4 Å². The number of fused-ring (bicyclic) bond motifs is 1. The molecule has 0 aromatic heterocycles. The highest BCUT2D eigenvalue weighted by atomic mass is 16.2. The normalized spacial score (nSPS) is 21.9. The summed E-state index contributed by atoms with van der Waals surface area (Å²) in [5, 5.41) is 2.68. The molecular weight excluding hydrogens is 342 g/mol. The lowest BCUT2D eigenvalue weighted by molar-refractivity contribution is -0.930. The molecule has 4 rings (SSSR count). The average Bonchev–Trinajstić information content (AvgIpc) is 2.96. The number of carbonyl (C=O) groups excluding carboxylic acids is 3. The Morgan fingerprint density at radius 3 is 2.48 bits per heavy atom. The van der Waals surface area contributed by atoms with Crippen molar-refractivity contribution >= 4 is 29.1 Å². The highest BCUT2D eigenvalue weighted by Gasteiger charge is 2.46. The molecular formula is C21H22N3O3+. The van der Waals surface area contributed by atoms with Crippen LogP contribution >= 0.6 is 0 Å². The summed E-state index contributed by atoms with van der Waals surface area (Å²) in [6.45, 7) is 3.07. The molecule has 0 radical (unpaired) electrons. The first-order valence-corrected chi connectivity index (χ1v) is 9.19. The molecule has 1 unspecified atom stereocenters. The summed E-state index contributed by atoms with van der Waals surface area (Å²) in [5.74, 6) is -0.463. The van der Waals surface area contributed by atoms with E-state index in [1.165, 1.54) is 23.0 Å². The number of imide groups is 1. The predicted molar refractivity (Wildman–Crippen MR) is 101 cm³/mol. The molecule has 27 heavy (non-hydrogen) atoms. The van der Waals surface area contributed by atoms with Gasteiger partial charge < -0.3 is 10.2 Å². The van der Waals surface area contributed by atoms with Crippen molar-refractivity contribution in [2.24, 2.45) is 0 Å². The van der Waals surface area contributed by atoms with Gasteiger partial charge in [-0.15, -0.1) is 0 Å². The van der Waals surface area contributed by atoms with Crippen molar-refractivity contribution in [1.82, 2.24) is 0 Å². The van der Waals surface area contributed by atoms with Crippen molar-refractivity contribution in [2.45, 2.75) is 32.4 Å². The maximum Gasteiger partial charge on any atom is 0.292 e. The van der Waals surface area contributed by atoms with Gasteiger partial charge in [0.15, 0.2) is 6.04 Å². The van der Waals surface area contributed by atoms with Crippen LogP contribution in [-0.4, -0.2) is 30.3 Å². The van der Waals surface area contributed by atoms with E-state index >= 15 is 0 Å². The second kappa shape index (κ2) is 6.96. The monoisotopic (exact) mass is 364 g/mol. The first kappa shape index (κ1) is 17.4. The number of benzene rings is 2. The van der Waals surface area contributed by atoms with E-state index in [1.54, 1.807) is 24.3 Å². The summed E-state index contributed by atoms with van der Waals surface area (Å²) in [4.78, 5) is 39.1. The standard InChI is InChI=1S/C21H21N3O3/c1-14(25)22-17-6-8-18(9-7-17)24-20(26)12-19(21(24)27)23-11-10-15-4-2-3-5-16(15)13-23/h2-9,19H,10-13H2,1H3,(H,22,25)/p+1/t19-/m0/s1. The van der Waals surface area contributed by atoms with Crippen molar-refractivity contribution in [2.75, 3.05) is 16.8 Å². The Balaban J connectivity index is 1.52. The second-order valence-electron chi connectivity index (χ2n) is 7.16. The third kappa shape index (κ3) is 3.36. The van der Waals surface area contributed by atoms with Gasteiger partial charge in [-0.25, -0.2) is 4.90 Å². The number of rotatable bonds is 3. The molecule has 0 spiro atoms. The molecule has 2 atom stereocenters. The third-order valence-electron chi connectivity index (χ3n) is 5.34. The van der Waals surface area contributed by atoms with Crippen molar-refractivity contribution in [3.05, 3.63) is 59.7 Å². The average molecular weight is 364 g/mol. The lowest BCUT2D eigenvalue weighted by atomic mass is 9.98. The molecule has 3 amide bonds. The smallest absolute Gasteiger partial charge is 0.292 e. The van der Waals surface area contributed by atoms with Gasteiger partial charge in [0, 0.05) is 24.6 Å². The van der Waals surface area contributed by atoms with E-state index in [4.69, 9.17) is 0 Å². The first-order valence-electron chi connectivity index (χ1n) is 9.19. The third-order valence-corrected chi connectivity index (χ3v) is 5.34. The summed E-state index contributed by atoms with van der Waals surface area (Å²) in [5.41, 5.74) is 3.79. The topological polar surface area (TPSA) is 70.9 Å². The van der Waals surface area contributed by atoms with Gasteiger partial charge in [0.1, 0.15) is 6.54 Å². The Morgan fingerprint density at radius 1 is 1.07 bits per heavy atom. The van der Waals surface area contributed by atoms with Crippen LogP contribution in [-0.2, 0) is 27.3 Å². The number of nitrogens with zero attached hydrogens (tertiary/aromatic N) is 1. The van der Waals surface area contributed by atoms with E-state index in [9.17, 15) is 14.4 Å². The molecule has 1 saturated heterocycles. The molecule has 6 heteroatoms. The molecule has 1 fully saturated rings. The quantitative estimate of drug-likeness (QED) is 0.796. The van der Waals surface area contributed by atoms with Gasteiger partial charge in [-0.1, -0.05) is 24.3 Å². The van der Waals surface area contributed by atoms with Crippen LogP contribution < -0.4 is 15.1 Å². The SMILES string of the molecule is CC(=O)Nc1ccc(N2C(=O)C[C@H]([NH+]3CCc4ccccc4C3)C2=O)cc1. The van der Waals surface area contributed by atoms with Crippen molar-refractivity contribution in [3.63, 3.8) is 0 Å². The van der Waals surface area contributed by atoms with Crippen LogP contribution in [0.3, 0.4) is 0 Å². The van der Waals surface area contributed by atoms with Crippen LogP contribution in [0.15, 0.2) is 48.5 Å². The summed E-state index contributed by atoms with van der Waals surface area (Å²) in [6.07, 6.45) is 1.17. The summed E-state index contributed by atoms with van der Waals surface area (Å²) in [7, 11) is 0. The molecule has 6 nitrogen and oxygen atoms in total. The Kier molecular flexibility index (Phi) is 4.49. The van der Waals surface area contributed by atoms with E-state index in [2.05, 4.69) is 17.4 Å². The Morgan fingerprint density at radius 2 is 1.78 bits per heavy atom. The zero-order valence-corrected chi connectivity index (χ0v) is 15.2. The van der Waals surface area contributed by atoms with Crippen molar-refractivity contribution in [3.8, 4) is 0 Å². The minimum atomic E-state index is -0.333. The summed E-state index contributed by atoms with van der Waals surface area (Å²) < 4.78 is 0. The number of nitrogens with one attached hydrogen (secondary N) is 2. The second-order valence-corrected chi connectivity index (χ2v) is 7.16. The molecule has 2 N–H and O–H groups in total. The van der Waals surface area contributed by atoms with Crippen LogP contribution in [0.5, 0.6) is 0 Å². The Labute approximate surface area is 157 Å². The number of hydrogen-bond acceptors (Lipinski definition) is 3. The number of anilines is 2. The number of hydrogen-bond donors (Lipinski definition) is 2. The molecule has 138 valence electrons. The van der Waals surface area contributed by atoms with Crippen LogP contribution in [0.25, 0.3) is 0 Å². The molecule has 2 aliphatic rings. The predicted octanol–water partition coefficient (Wildman–Crippen LogP) is 0.918. The van der Waals surface area contributed by atoms with Gasteiger partial charge in [-0.05, 0) is 29.8 Å². The van der Waals surface area contributed by atoms with E-state index in [1.807, 2.05) is 12.1 Å². The van der Waals surface area contributed by atoms with E-state index in [0.29, 0.717) is 11.4 Å². The minimum absolute atomic E-state index is 0.137. The molecule has 2 aromatic rings. The van der Waals surface area contributed by atoms with Crippen LogP contribution in [0, 0.1) is 0 Å². The van der Waals surface area contributed by atoms with Gasteiger partial charge in [0.2, 0.25) is 11.8 Å². The highest BCUT2D eigenvalue weighted by Crippen LogP contribution is 2.24. The van der Waals surface area contributed by atoms with Gasteiger partial charge in [0.25, 0.3) is 5.91 Å². The fourth-order valence-electron chi connectivity index (χ4n) is 4.02. The molecule has 2 aliphatic heterocycles. The minimum Gasteiger partial charge on any atom is -0.326 e. The van der Waals surface area contributed by atoms with E-state index in [0.717, 1.165) is 24.4 Å². The lowest BCUT2D eigenvalue weighted by Crippen LogP contribution is -3.16. The Bertz CT molecular complexity index is 907. The Hall–Kier alpha value is -2.99. The molecule has 0 aliphatic carbocycles. The molecule has 0 bridgehead atoms. The number of amides is 3. The summed E-state index contributed by atoms with van der Waals surface area (Å²) >= 11 is 0. The maximum atomic E-state index is 13.0. The highest BCUT2D eigenvalue weighted by molar-refractivity contribution is 6.21. The van der Waals surface area contributed by atoms with Gasteiger partial charge in [-0.2, -0.15) is 0 Å². The number of carbonyl (C=O) groups is 3. The zero-order chi connectivity index (χ0) is 19.0. The molecule has 2 heterocycles. The molecule has 2 aromatic carbocycles. The lowest BCUT2D eigenvalue weighted by Gasteiger charge is -2.29. The summed E-state index contributed by atoms with van der Waals surface area (Å²) in [6, 6.07) is 14.8. The zero-order valence-electron chi connectivity index (χ0n) is 15.2. The maximum absolute atomic E-state index is 13.0. The first-order chi connectivity index (χ1) is 13.0. The van der Waals surface area contributed by atoms with Crippen LogP contribution in [0.1, 0.15) is 24.5 Å². The van der Waals surface area contributed by atoms with Crippen molar-refractivity contribution in [1.29, 1.82) is 0 Å². The molecule has 0 saturated carbocycles. The van der Waals surface area contributed by atoms with Crippen LogP contribution in [0.2, 0.25) is 0 Å². The van der Waals surface area contributed by atoms with E-state index < -0.39 is 0 Å². The number of quaternary nitrogens is 1. The fourth-order valence-corrected chi connectivity index (χ4v) is 4.02. The van der Waals surface area contributed by atoms with Gasteiger partial charge in [-0.3, -0.25) is 14.4 Å². The van der Waals surface area contributed by atoms with E-state index in [-0.39, 0.29) is 30.2 Å².